The first-order valence-electron chi connectivity index (χ1n) is 12.0. The van der Waals surface area contributed by atoms with Gasteiger partial charge < -0.3 is 14.7 Å². The summed E-state index contributed by atoms with van der Waals surface area (Å²) in [5, 5.41) is 22.9. The first kappa shape index (κ1) is 26.9. The minimum absolute atomic E-state index is 0.0513. The fourth-order valence-electron chi connectivity index (χ4n) is 4.73. The Balaban J connectivity index is 1.61. The summed E-state index contributed by atoms with van der Waals surface area (Å²) in [5.41, 5.74) is 2.29. The number of nitriles is 1. The zero-order valence-electron chi connectivity index (χ0n) is 20.5. The lowest BCUT2D eigenvalue weighted by molar-refractivity contribution is 0.181. The second-order valence-electron chi connectivity index (χ2n) is 9.24. The van der Waals surface area contributed by atoms with E-state index in [-0.39, 0.29) is 19.3 Å². The molecule has 1 heterocycles. The maximum Gasteiger partial charge on any atom is 0.137 e. The second kappa shape index (κ2) is 11.9. The highest BCUT2D eigenvalue weighted by Crippen LogP contribution is 2.38. The van der Waals surface area contributed by atoms with Crippen molar-refractivity contribution in [2.75, 3.05) is 44.3 Å². The SMILES string of the molecule is C[C@@](CN1CCN(c2ccc(OCCO)cc2Cl)[C@H](c2ccc(Cl)cc2)C1)(N=O)c1ccc(C#N)cc1. The van der Waals surface area contributed by atoms with Gasteiger partial charge in [0.2, 0.25) is 0 Å². The van der Waals surface area contributed by atoms with E-state index in [1.165, 1.54) is 0 Å². The average Bonchev–Trinajstić information content (AvgIpc) is 2.92. The van der Waals surface area contributed by atoms with Gasteiger partial charge in [-0.3, -0.25) is 4.90 Å². The topological polar surface area (TPSA) is 89.2 Å². The van der Waals surface area contributed by atoms with Crippen molar-refractivity contribution in [3.8, 4) is 11.8 Å². The Kier molecular flexibility index (Phi) is 8.67. The van der Waals surface area contributed by atoms with E-state index in [0.29, 0.717) is 47.5 Å². The van der Waals surface area contributed by atoms with Crippen molar-refractivity contribution in [1.82, 2.24) is 4.90 Å². The van der Waals surface area contributed by atoms with Crippen LogP contribution in [0.15, 0.2) is 71.9 Å². The van der Waals surface area contributed by atoms with E-state index >= 15 is 0 Å². The fourth-order valence-corrected chi connectivity index (χ4v) is 5.13. The summed E-state index contributed by atoms with van der Waals surface area (Å²) in [6.07, 6.45) is 0. The van der Waals surface area contributed by atoms with Gasteiger partial charge in [0.05, 0.1) is 35.0 Å². The predicted molar refractivity (Wildman–Crippen MR) is 146 cm³/mol. The van der Waals surface area contributed by atoms with E-state index in [0.717, 1.165) is 16.8 Å². The number of hydrogen-bond donors (Lipinski definition) is 1. The van der Waals surface area contributed by atoms with Crippen LogP contribution < -0.4 is 9.64 Å². The highest BCUT2D eigenvalue weighted by Gasteiger charge is 2.36. The Hall–Kier alpha value is -3.15. The highest BCUT2D eigenvalue weighted by molar-refractivity contribution is 6.33. The van der Waals surface area contributed by atoms with Crippen LogP contribution in [0, 0.1) is 16.2 Å². The van der Waals surface area contributed by atoms with Gasteiger partial charge in [-0.05, 0) is 54.4 Å². The van der Waals surface area contributed by atoms with Crippen molar-refractivity contribution in [3.63, 3.8) is 0 Å². The number of piperazine rings is 1. The smallest absolute Gasteiger partial charge is 0.137 e. The normalized spacial score (nSPS) is 17.6. The minimum atomic E-state index is -0.968. The molecule has 0 amide bonds. The Morgan fingerprint density at radius 3 is 2.46 bits per heavy atom. The van der Waals surface area contributed by atoms with Crippen LogP contribution in [0.4, 0.5) is 5.69 Å². The molecule has 1 aliphatic heterocycles. The molecule has 1 fully saturated rings. The summed E-state index contributed by atoms with van der Waals surface area (Å²) < 4.78 is 5.51. The van der Waals surface area contributed by atoms with Crippen molar-refractivity contribution in [1.29, 1.82) is 5.26 Å². The number of nitrogens with zero attached hydrogens (tertiary/aromatic N) is 4. The third kappa shape index (κ3) is 6.23. The van der Waals surface area contributed by atoms with Crippen molar-refractivity contribution < 1.29 is 9.84 Å². The van der Waals surface area contributed by atoms with Gasteiger partial charge in [-0.2, -0.15) is 5.26 Å². The summed E-state index contributed by atoms with van der Waals surface area (Å²) >= 11 is 12.9. The van der Waals surface area contributed by atoms with E-state index in [2.05, 4.69) is 21.0 Å². The quantitative estimate of drug-likeness (QED) is 0.347. The summed E-state index contributed by atoms with van der Waals surface area (Å²) in [6.45, 7) is 4.40. The molecule has 4 rings (SSSR count). The molecule has 0 spiro atoms. The van der Waals surface area contributed by atoms with Gasteiger partial charge in [-0.25, -0.2) is 0 Å². The van der Waals surface area contributed by atoms with Gasteiger partial charge >= 0.3 is 0 Å². The lowest BCUT2D eigenvalue weighted by atomic mass is 9.90. The number of hydrogen-bond acceptors (Lipinski definition) is 7. The number of rotatable bonds is 9. The summed E-state index contributed by atoms with van der Waals surface area (Å²) in [5.74, 6) is 0.597. The number of nitroso groups, excluding NO2 is 1. The molecule has 7 nitrogen and oxygen atoms in total. The fraction of sp³-hybridized carbons (Fsp3) is 0.321. The van der Waals surface area contributed by atoms with Crippen molar-refractivity contribution in [2.45, 2.75) is 18.5 Å². The van der Waals surface area contributed by atoms with E-state index in [1.807, 2.05) is 43.3 Å². The number of ether oxygens (including phenoxy) is 1. The molecule has 3 aromatic carbocycles. The first-order chi connectivity index (χ1) is 17.9. The highest BCUT2D eigenvalue weighted by atomic mass is 35.5. The van der Waals surface area contributed by atoms with E-state index in [9.17, 15) is 4.91 Å². The first-order valence-corrected chi connectivity index (χ1v) is 12.8. The molecule has 192 valence electrons. The molecule has 0 saturated carbocycles. The molecule has 0 unspecified atom stereocenters. The van der Waals surface area contributed by atoms with Crippen LogP contribution in [0.2, 0.25) is 10.0 Å². The Morgan fingerprint density at radius 2 is 1.84 bits per heavy atom. The number of anilines is 1. The molecule has 0 aromatic heterocycles. The van der Waals surface area contributed by atoms with Crippen LogP contribution in [-0.2, 0) is 5.54 Å². The number of halogens is 2. The van der Waals surface area contributed by atoms with Crippen LogP contribution in [0.1, 0.15) is 29.7 Å². The van der Waals surface area contributed by atoms with Crippen molar-refractivity contribution in [2.24, 2.45) is 5.18 Å². The predicted octanol–water partition coefficient (Wildman–Crippen LogP) is 5.78. The zero-order valence-corrected chi connectivity index (χ0v) is 22.0. The lowest BCUT2D eigenvalue weighted by Crippen LogP contribution is -2.51. The molecule has 0 radical (unpaired) electrons. The minimum Gasteiger partial charge on any atom is -0.491 e. The van der Waals surface area contributed by atoms with E-state index in [4.69, 9.17) is 38.3 Å². The van der Waals surface area contributed by atoms with Crippen LogP contribution in [-0.4, -0.2) is 49.4 Å². The standard InChI is InChI=1S/C28H28Cl2N4O3/c1-28(32-36,22-6-2-20(17-31)3-7-22)19-33-12-13-34(27(18-33)21-4-8-23(29)9-5-21)26-11-10-24(16-25(26)30)37-15-14-35/h2-11,16,27,35H,12-15,18-19H2,1H3/t27-,28-/m0/s1. The number of benzene rings is 3. The molecule has 37 heavy (non-hydrogen) atoms. The maximum absolute atomic E-state index is 12.1. The van der Waals surface area contributed by atoms with Crippen molar-refractivity contribution in [3.05, 3.63) is 98.4 Å². The third-order valence-electron chi connectivity index (χ3n) is 6.68. The van der Waals surface area contributed by atoms with Gasteiger partial charge in [0.15, 0.2) is 0 Å². The van der Waals surface area contributed by atoms with Gasteiger partial charge in [0, 0.05) is 37.3 Å². The lowest BCUT2D eigenvalue weighted by Gasteiger charge is -2.45. The molecule has 1 N–H and O–H groups in total. The van der Waals surface area contributed by atoms with Gasteiger partial charge in [0.1, 0.15) is 17.9 Å². The molecule has 2 atom stereocenters. The molecule has 0 aliphatic carbocycles. The summed E-state index contributed by atoms with van der Waals surface area (Å²) in [4.78, 5) is 16.6. The Labute approximate surface area is 226 Å². The number of aliphatic hydroxyl groups excluding tert-OH is 1. The molecule has 1 aliphatic rings. The molecule has 0 bridgehead atoms. The molecular formula is C28H28Cl2N4O3. The monoisotopic (exact) mass is 538 g/mol. The second-order valence-corrected chi connectivity index (χ2v) is 10.1. The van der Waals surface area contributed by atoms with Crippen LogP contribution in [0.3, 0.4) is 0 Å². The Morgan fingerprint density at radius 1 is 1.11 bits per heavy atom. The zero-order chi connectivity index (χ0) is 26.4. The van der Waals surface area contributed by atoms with Gasteiger partial charge in [-0.15, -0.1) is 4.91 Å². The summed E-state index contributed by atoms with van der Waals surface area (Å²) in [6, 6.07) is 22.4. The molecular weight excluding hydrogens is 511 g/mol. The van der Waals surface area contributed by atoms with Gasteiger partial charge in [0.25, 0.3) is 0 Å². The molecule has 3 aromatic rings. The van der Waals surface area contributed by atoms with Crippen LogP contribution in [0.5, 0.6) is 5.75 Å². The van der Waals surface area contributed by atoms with E-state index in [1.54, 1.807) is 30.3 Å². The summed E-state index contributed by atoms with van der Waals surface area (Å²) in [7, 11) is 0. The van der Waals surface area contributed by atoms with Crippen molar-refractivity contribution >= 4 is 28.9 Å². The Bertz CT molecular complexity index is 1260. The van der Waals surface area contributed by atoms with Crippen LogP contribution >= 0.6 is 23.2 Å². The molecule has 1 saturated heterocycles. The number of aliphatic hydroxyl groups is 1. The third-order valence-corrected chi connectivity index (χ3v) is 7.23. The molecule has 9 heteroatoms. The maximum atomic E-state index is 12.1. The van der Waals surface area contributed by atoms with Crippen LogP contribution in [0.25, 0.3) is 0 Å². The van der Waals surface area contributed by atoms with E-state index < -0.39 is 5.54 Å². The largest absolute Gasteiger partial charge is 0.491 e. The average molecular weight is 539 g/mol. The van der Waals surface area contributed by atoms with Gasteiger partial charge in [-0.1, -0.05) is 52.6 Å².